The van der Waals surface area contributed by atoms with Crippen LogP contribution in [0.25, 0.3) is 10.8 Å². The van der Waals surface area contributed by atoms with Crippen LogP contribution in [0.15, 0.2) is 89.4 Å². The average Bonchev–Trinajstić information content (AvgIpc) is 2.79. The molecule has 0 spiro atoms. The van der Waals surface area contributed by atoms with E-state index in [1.807, 2.05) is 54.6 Å². The molecule has 0 fully saturated rings. The number of carbonyl (C=O) groups is 2. The monoisotopic (exact) mass is 470 g/mol. The van der Waals surface area contributed by atoms with Crippen LogP contribution < -0.4 is 10.2 Å². The zero-order chi connectivity index (χ0) is 21.4. The van der Waals surface area contributed by atoms with Crippen LogP contribution in [0.2, 0.25) is 0 Å². The van der Waals surface area contributed by atoms with Crippen molar-refractivity contribution in [3.8, 4) is 0 Å². The van der Waals surface area contributed by atoms with E-state index in [4.69, 9.17) is 0 Å². The lowest BCUT2D eigenvalue weighted by atomic mass is 9.92. The maximum absolute atomic E-state index is 13.3. The smallest absolute Gasteiger partial charge is 0.265 e. The zero-order valence-electron chi connectivity index (χ0n) is 16.6. The number of imide groups is 1. The summed E-state index contributed by atoms with van der Waals surface area (Å²) in [5.74, 6) is -0.606. The molecule has 4 nitrogen and oxygen atoms in total. The first-order chi connectivity index (χ1) is 15.1. The molecular formula is C26H19BrN2O2. The molecule has 152 valence electrons. The Bertz CT molecular complexity index is 1300. The third-order valence-corrected chi connectivity index (χ3v) is 6.04. The minimum Gasteiger partial charge on any atom is -0.384 e. The highest BCUT2D eigenvalue weighted by Crippen LogP contribution is 2.36. The Morgan fingerprint density at radius 1 is 0.774 bits per heavy atom. The van der Waals surface area contributed by atoms with Crippen LogP contribution in [0.5, 0.6) is 0 Å². The van der Waals surface area contributed by atoms with E-state index in [0.29, 0.717) is 22.2 Å². The fourth-order valence-corrected chi connectivity index (χ4v) is 4.47. The molecule has 0 saturated carbocycles. The van der Waals surface area contributed by atoms with E-state index in [9.17, 15) is 9.59 Å². The predicted molar refractivity (Wildman–Crippen MR) is 128 cm³/mol. The third-order valence-electron chi connectivity index (χ3n) is 5.55. The molecule has 1 N–H and O–H groups in total. The number of carbonyl (C=O) groups excluding carboxylic acids is 2. The molecule has 4 aromatic carbocycles. The molecule has 0 unspecified atom stereocenters. The summed E-state index contributed by atoms with van der Waals surface area (Å²) >= 11 is 3.42. The van der Waals surface area contributed by atoms with Gasteiger partial charge in [-0.05, 0) is 48.4 Å². The van der Waals surface area contributed by atoms with Crippen molar-refractivity contribution >= 4 is 49.9 Å². The van der Waals surface area contributed by atoms with Crippen molar-refractivity contribution in [1.82, 2.24) is 0 Å². The summed E-state index contributed by atoms with van der Waals surface area (Å²) in [5, 5.41) is 5.08. The fraction of sp³-hybridized carbons (Fsp3) is 0.0769. The number of halogens is 1. The van der Waals surface area contributed by atoms with Gasteiger partial charge in [0.25, 0.3) is 11.8 Å². The number of hydrogen-bond acceptors (Lipinski definition) is 3. The van der Waals surface area contributed by atoms with E-state index in [-0.39, 0.29) is 11.8 Å². The van der Waals surface area contributed by atoms with E-state index in [1.165, 1.54) is 10.5 Å². The number of hydrogen-bond donors (Lipinski definition) is 1. The second kappa shape index (κ2) is 8.00. The molecule has 0 aliphatic carbocycles. The van der Waals surface area contributed by atoms with Gasteiger partial charge in [-0.3, -0.25) is 9.59 Å². The lowest BCUT2D eigenvalue weighted by molar-refractivity contribution is 0.0893. The minimum absolute atomic E-state index is 0.303. The first kappa shape index (κ1) is 19.5. The van der Waals surface area contributed by atoms with Crippen LogP contribution in [0, 0.1) is 0 Å². The van der Waals surface area contributed by atoms with Gasteiger partial charge in [0.1, 0.15) is 0 Å². The summed E-state index contributed by atoms with van der Waals surface area (Å²) < 4.78 is 0.813. The molecule has 5 heteroatoms. The number of nitrogens with zero attached hydrogens (tertiary/aromatic N) is 1. The van der Waals surface area contributed by atoms with Crippen molar-refractivity contribution in [3.05, 3.63) is 106 Å². The Labute approximate surface area is 188 Å². The maximum Gasteiger partial charge on any atom is 0.265 e. The first-order valence-corrected chi connectivity index (χ1v) is 10.9. The van der Waals surface area contributed by atoms with Gasteiger partial charge in [-0.1, -0.05) is 64.5 Å². The van der Waals surface area contributed by atoms with Crippen molar-refractivity contribution < 1.29 is 9.59 Å². The maximum atomic E-state index is 13.3. The van der Waals surface area contributed by atoms with E-state index in [1.54, 1.807) is 18.2 Å². The molecular weight excluding hydrogens is 452 g/mol. The van der Waals surface area contributed by atoms with Gasteiger partial charge in [-0.25, -0.2) is 4.90 Å². The molecule has 1 aliphatic heterocycles. The van der Waals surface area contributed by atoms with Crippen LogP contribution in [-0.2, 0) is 6.42 Å². The Balaban J connectivity index is 1.51. The number of anilines is 2. The highest BCUT2D eigenvalue weighted by molar-refractivity contribution is 9.10. The molecule has 0 radical (unpaired) electrons. The highest BCUT2D eigenvalue weighted by atomic mass is 79.9. The Morgan fingerprint density at radius 3 is 2.29 bits per heavy atom. The first-order valence-electron chi connectivity index (χ1n) is 10.1. The lowest BCUT2D eigenvalue weighted by Crippen LogP contribution is -2.40. The molecule has 31 heavy (non-hydrogen) atoms. The molecule has 0 saturated heterocycles. The van der Waals surface area contributed by atoms with Crippen molar-refractivity contribution in [3.63, 3.8) is 0 Å². The fourth-order valence-electron chi connectivity index (χ4n) is 4.09. The van der Waals surface area contributed by atoms with Crippen LogP contribution in [-0.4, -0.2) is 18.4 Å². The largest absolute Gasteiger partial charge is 0.384 e. The van der Waals surface area contributed by atoms with E-state index < -0.39 is 0 Å². The number of nitrogens with one attached hydrogen (secondary N) is 1. The van der Waals surface area contributed by atoms with E-state index in [2.05, 4.69) is 33.4 Å². The minimum atomic E-state index is -0.303. The van der Waals surface area contributed by atoms with Gasteiger partial charge in [-0.15, -0.1) is 0 Å². The van der Waals surface area contributed by atoms with Gasteiger partial charge in [0.05, 0.1) is 5.69 Å². The van der Waals surface area contributed by atoms with E-state index in [0.717, 1.165) is 28.5 Å². The topological polar surface area (TPSA) is 49.4 Å². The molecule has 5 rings (SSSR count). The Kier molecular flexibility index (Phi) is 5.04. The molecule has 2 amide bonds. The van der Waals surface area contributed by atoms with Crippen LogP contribution in [0.1, 0.15) is 26.3 Å². The van der Waals surface area contributed by atoms with Crippen molar-refractivity contribution in [2.75, 3.05) is 16.8 Å². The lowest BCUT2D eigenvalue weighted by Gasteiger charge is -2.28. The van der Waals surface area contributed by atoms with Gasteiger partial charge in [0, 0.05) is 38.6 Å². The van der Waals surface area contributed by atoms with Crippen LogP contribution in [0.4, 0.5) is 11.4 Å². The van der Waals surface area contributed by atoms with Crippen LogP contribution >= 0.6 is 15.9 Å². The standard InChI is InChI=1S/C26H19BrN2O2/c27-18-8-4-9-19(16-18)29-25(30)21-11-5-10-20-23(13-12-22(24(20)21)26(29)31)28-15-14-17-6-2-1-3-7-17/h1-13,16,28H,14-15H2. The Hall–Kier alpha value is -3.44. The molecule has 0 bridgehead atoms. The van der Waals surface area contributed by atoms with E-state index >= 15 is 0 Å². The molecule has 1 heterocycles. The zero-order valence-corrected chi connectivity index (χ0v) is 18.2. The molecule has 4 aromatic rings. The normalized spacial score (nSPS) is 13.0. The quantitative estimate of drug-likeness (QED) is 0.360. The third kappa shape index (κ3) is 3.51. The molecule has 0 atom stereocenters. The highest BCUT2D eigenvalue weighted by Gasteiger charge is 2.34. The van der Waals surface area contributed by atoms with Crippen molar-refractivity contribution in [2.24, 2.45) is 0 Å². The summed E-state index contributed by atoms with van der Waals surface area (Å²) in [5.41, 5.74) is 3.82. The summed E-state index contributed by atoms with van der Waals surface area (Å²) in [6, 6.07) is 26.9. The van der Waals surface area contributed by atoms with Gasteiger partial charge in [-0.2, -0.15) is 0 Å². The van der Waals surface area contributed by atoms with Gasteiger partial charge >= 0.3 is 0 Å². The summed E-state index contributed by atoms with van der Waals surface area (Å²) in [4.78, 5) is 27.9. The second-order valence-electron chi connectivity index (χ2n) is 7.48. The van der Waals surface area contributed by atoms with Crippen molar-refractivity contribution in [2.45, 2.75) is 6.42 Å². The van der Waals surface area contributed by atoms with Crippen LogP contribution in [0.3, 0.4) is 0 Å². The summed E-state index contributed by atoms with van der Waals surface area (Å²) in [6.07, 6.45) is 0.887. The Morgan fingerprint density at radius 2 is 1.52 bits per heavy atom. The number of rotatable bonds is 5. The SMILES string of the molecule is O=C1c2cccc3c(NCCc4ccccc4)ccc(c23)C(=O)N1c1cccc(Br)c1. The molecule has 0 aromatic heterocycles. The van der Waals surface area contributed by atoms with Crippen molar-refractivity contribution in [1.29, 1.82) is 0 Å². The predicted octanol–water partition coefficient (Wildman–Crippen LogP) is 6.06. The van der Waals surface area contributed by atoms with Gasteiger partial charge in [0.2, 0.25) is 0 Å². The average molecular weight is 471 g/mol. The van der Waals surface area contributed by atoms with Gasteiger partial charge < -0.3 is 5.32 Å². The van der Waals surface area contributed by atoms with Gasteiger partial charge in [0.15, 0.2) is 0 Å². The molecule has 1 aliphatic rings. The summed E-state index contributed by atoms with van der Waals surface area (Å²) in [6.45, 7) is 0.759. The number of benzene rings is 4. The summed E-state index contributed by atoms with van der Waals surface area (Å²) in [7, 11) is 0. The number of amides is 2. The second-order valence-corrected chi connectivity index (χ2v) is 8.39.